The molecule has 0 bridgehead atoms. The minimum absolute atomic E-state index is 0.0262. The van der Waals surface area contributed by atoms with Crippen LogP contribution in [0.1, 0.15) is 90.5 Å². The summed E-state index contributed by atoms with van der Waals surface area (Å²) < 4.78 is 0. The minimum atomic E-state index is -1.38. The molecule has 1 fully saturated rings. The number of fused-ring (bicyclic) bond motifs is 2. The summed E-state index contributed by atoms with van der Waals surface area (Å²) >= 11 is 0.927. The summed E-state index contributed by atoms with van der Waals surface area (Å²) in [6.45, 7) is 12.8. The van der Waals surface area contributed by atoms with Crippen LogP contribution in [0, 0.1) is 23.7 Å². The Kier molecular flexibility index (Phi) is 28.4. The molecule has 1 aliphatic heterocycles. The Morgan fingerprint density at radius 3 is 1.46 bits per heavy atom. The predicted octanol–water partition coefficient (Wildman–Crippen LogP) is 2.84. The first-order valence-corrected chi connectivity index (χ1v) is 35.0. The molecule has 0 radical (unpaired) electrons. The number of H-pyrrole nitrogens is 2. The molecule has 4 aromatic carbocycles. The molecule has 7 rings (SSSR count). The number of nitrogens with one attached hydrogen (secondary N) is 11. The minimum Gasteiger partial charge on any atom is -0.368 e. The zero-order valence-corrected chi connectivity index (χ0v) is 59.2. The van der Waals surface area contributed by atoms with Crippen molar-refractivity contribution in [2.24, 2.45) is 29.4 Å². The van der Waals surface area contributed by atoms with Crippen molar-refractivity contribution in [3.05, 3.63) is 144 Å². The molecule has 6 aromatic rings. The highest BCUT2D eigenvalue weighted by molar-refractivity contribution is 8.00. The summed E-state index contributed by atoms with van der Waals surface area (Å²) in [4.78, 5) is 182. The molecular formula is C73H96N14O12S. The average molecular weight is 1390 g/mol. The lowest BCUT2D eigenvalue weighted by Gasteiger charge is -2.34. The number of hydrogen-bond acceptors (Lipinski definition) is 13. The molecule has 0 aliphatic carbocycles. The number of aromatic amines is 2. The summed E-state index contributed by atoms with van der Waals surface area (Å²) in [7, 11) is 2.74. The van der Waals surface area contributed by atoms with E-state index in [4.69, 9.17) is 5.73 Å². The van der Waals surface area contributed by atoms with Gasteiger partial charge in [0.15, 0.2) is 0 Å². The van der Waals surface area contributed by atoms with Crippen LogP contribution in [0.5, 0.6) is 0 Å². The smallest absolute Gasteiger partial charge is 0.245 e. The summed E-state index contributed by atoms with van der Waals surface area (Å²) in [5.74, 6) is -11.3. The number of para-hydroxylation sites is 2. The van der Waals surface area contributed by atoms with Crippen molar-refractivity contribution in [1.82, 2.24) is 67.6 Å². The molecule has 0 spiro atoms. The van der Waals surface area contributed by atoms with E-state index in [0.717, 1.165) is 38.5 Å². The molecule has 536 valence electrons. The Bertz CT molecular complexity index is 3860. The van der Waals surface area contributed by atoms with Gasteiger partial charge in [0.1, 0.15) is 54.4 Å². The lowest BCUT2D eigenvalue weighted by atomic mass is 9.97. The van der Waals surface area contributed by atoms with E-state index in [1.165, 1.54) is 19.0 Å². The van der Waals surface area contributed by atoms with E-state index in [-0.39, 0.29) is 61.9 Å². The lowest BCUT2D eigenvalue weighted by molar-refractivity contribution is -0.143. The topological polar surface area (TPSA) is 377 Å². The van der Waals surface area contributed by atoms with Gasteiger partial charge in [0.2, 0.25) is 70.9 Å². The van der Waals surface area contributed by atoms with E-state index in [2.05, 4.69) is 57.8 Å². The van der Waals surface area contributed by atoms with E-state index in [1.807, 2.05) is 76.2 Å². The van der Waals surface area contributed by atoms with Gasteiger partial charge in [-0.3, -0.25) is 57.5 Å². The van der Waals surface area contributed by atoms with Gasteiger partial charge in [-0.2, -0.15) is 0 Å². The number of carbonyl (C=O) groups excluding carboxylic acids is 12. The molecule has 0 unspecified atom stereocenters. The number of hydrogen-bond donors (Lipinski definition) is 12. The zero-order valence-electron chi connectivity index (χ0n) is 58.4. The van der Waals surface area contributed by atoms with Crippen molar-refractivity contribution < 1.29 is 57.5 Å². The molecule has 1 aliphatic rings. The quantitative estimate of drug-likeness (QED) is 0.0705. The van der Waals surface area contributed by atoms with E-state index < -0.39 is 150 Å². The number of nitrogens with zero attached hydrogens (tertiary/aromatic N) is 2. The largest absolute Gasteiger partial charge is 0.368 e. The second-order valence-electron chi connectivity index (χ2n) is 27.1. The number of likely N-dealkylation sites (N-methyl/N-ethyl adjacent to an activating group) is 2. The van der Waals surface area contributed by atoms with Gasteiger partial charge >= 0.3 is 0 Å². The normalized spacial score (nSPS) is 22.8. The molecule has 2 aromatic heterocycles. The van der Waals surface area contributed by atoms with Gasteiger partial charge < -0.3 is 73.4 Å². The van der Waals surface area contributed by atoms with Gasteiger partial charge in [-0.25, -0.2) is 0 Å². The highest BCUT2D eigenvalue weighted by Crippen LogP contribution is 2.23. The molecule has 13 N–H and O–H groups in total. The maximum absolute atomic E-state index is 15.1. The van der Waals surface area contributed by atoms with Crippen molar-refractivity contribution in [3.8, 4) is 0 Å². The van der Waals surface area contributed by atoms with Gasteiger partial charge in [0, 0.05) is 79.7 Å². The average Bonchev–Trinajstić information content (AvgIpc) is 1.80. The number of nitrogens with two attached hydrogens (primary N) is 1. The van der Waals surface area contributed by atoms with Crippen LogP contribution in [0.15, 0.2) is 122 Å². The fourth-order valence-corrected chi connectivity index (χ4v) is 12.7. The van der Waals surface area contributed by atoms with Gasteiger partial charge in [-0.05, 0) is 70.9 Å². The van der Waals surface area contributed by atoms with Crippen LogP contribution in [-0.2, 0) is 83.2 Å². The van der Waals surface area contributed by atoms with E-state index in [1.54, 1.807) is 101 Å². The fraction of sp³-hybridized carbons (Fsp3) is 0.452. The van der Waals surface area contributed by atoms with Gasteiger partial charge in [-0.15, -0.1) is 11.8 Å². The molecule has 12 amide bonds. The van der Waals surface area contributed by atoms with Crippen molar-refractivity contribution >= 4 is 104 Å². The van der Waals surface area contributed by atoms with Crippen LogP contribution in [0.4, 0.5) is 0 Å². The summed E-state index contributed by atoms with van der Waals surface area (Å²) in [5, 5.41) is 26.5. The summed E-state index contributed by atoms with van der Waals surface area (Å²) in [5.41, 5.74) is 9.97. The molecule has 0 saturated carbocycles. The van der Waals surface area contributed by atoms with Crippen LogP contribution >= 0.6 is 11.8 Å². The van der Waals surface area contributed by atoms with Crippen LogP contribution in [-0.4, -0.2) is 184 Å². The number of amides is 12. The van der Waals surface area contributed by atoms with E-state index in [9.17, 15) is 52.7 Å². The van der Waals surface area contributed by atoms with Crippen molar-refractivity contribution in [2.45, 2.75) is 148 Å². The van der Waals surface area contributed by atoms with Gasteiger partial charge in [0.25, 0.3) is 0 Å². The highest BCUT2D eigenvalue weighted by Gasteiger charge is 2.39. The molecule has 3 heterocycles. The SMILES string of the molecule is CC(C)C[C@@H]1NC(=O)[C@H](Cc2ccccc2)NC(=O)CSC[C@@H](C(N)=O)NC(=O)[C@H](C(C)C)NC(=O)[C@H](Cc2ccccc2)N(C)C(=O)[C@H](CC(C)C)NC(=O)[C@H](Cc2c[nH]c3ccccc23)NC(=O)CN(C)C(=O)CNC(=O)[C@H](C(C)C)NC(=O)[C@H](Cc2c[nH]c3ccccc23)NC1=O. The standard InChI is InChI=1S/C73H96N14O12S/c1-41(2)29-53-66(92)81-56(34-48-36-76-52-28-20-18-26-50(48)52)69(95)84-63(43(5)6)71(97)77-37-62(90)86(9)38-60(88)78-55(33-47-35-75-51-27-19-17-25-49(47)51)68(94)82-57(30-42(3)4)73(99)87(10)59(32-46-23-15-12-16-24-46)70(96)85-64(44(7)8)72(98)83-58(65(74)91)39-100-40-61(89)79-54(67(93)80-53)31-45-21-13-11-14-22-45/h11-28,35-36,41-44,53-59,63-64,75-76H,29-34,37-40H2,1-10H3,(H2,74,91)(H,77,97)(H,78,88)(H,79,89)(H,80,93)(H,81,92)(H,82,94)(H,83,98)(H,84,95)(H,85,96)/t53-,54-,55-,56-,57-,58-,59-,63-,64-/m0/s1. The number of carbonyl (C=O) groups is 12. The van der Waals surface area contributed by atoms with Crippen LogP contribution in [0.3, 0.4) is 0 Å². The molecule has 100 heavy (non-hydrogen) atoms. The predicted molar refractivity (Wildman–Crippen MR) is 382 cm³/mol. The molecule has 26 nitrogen and oxygen atoms in total. The van der Waals surface area contributed by atoms with Gasteiger partial charge in [-0.1, -0.05) is 152 Å². The third-order valence-electron chi connectivity index (χ3n) is 17.4. The number of primary amides is 1. The Morgan fingerprint density at radius 1 is 0.480 bits per heavy atom. The lowest BCUT2D eigenvalue weighted by Crippen LogP contribution is -2.61. The second-order valence-corrected chi connectivity index (χ2v) is 28.1. The first-order chi connectivity index (χ1) is 47.6. The molecule has 9 atom stereocenters. The van der Waals surface area contributed by atoms with Crippen molar-refractivity contribution in [3.63, 3.8) is 0 Å². The Hall–Kier alpha value is -10.1. The van der Waals surface area contributed by atoms with Gasteiger partial charge in [0.05, 0.1) is 18.8 Å². The Morgan fingerprint density at radius 2 is 0.920 bits per heavy atom. The monoisotopic (exact) mass is 1390 g/mol. The number of aromatic nitrogens is 2. The fourth-order valence-electron chi connectivity index (χ4n) is 11.9. The van der Waals surface area contributed by atoms with Crippen LogP contribution < -0.4 is 53.6 Å². The molecule has 27 heteroatoms. The number of rotatable bonds is 15. The summed E-state index contributed by atoms with van der Waals surface area (Å²) in [6, 6.07) is 20.5. The van der Waals surface area contributed by atoms with Crippen molar-refractivity contribution in [2.75, 3.05) is 38.7 Å². The first kappa shape index (κ1) is 77.3. The molecular weight excluding hydrogens is 1300 g/mol. The number of thioether (sulfide) groups is 1. The summed E-state index contributed by atoms with van der Waals surface area (Å²) in [6.07, 6.45) is 3.30. The first-order valence-electron chi connectivity index (χ1n) is 33.8. The second kappa shape index (κ2) is 36.7. The number of benzene rings is 4. The van der Waals surface area contributed by atoms with E-state index in [0.29, 0.717) is 22.3 Å². The van der Waals surface area contributed by atoms with Crippen molar-refractivity contribution in [1.29, 1.82) is 0 Å². The van der Waals surface area contributed by atoms with Crippen LogP contribution in [0.2, 0.25) is 0 Å². The zero-order chi connectivity index (χ0) is 72.9. The Balaban J connectivity index is 1.23. The van der Waals surface area contributed by atoms with E-state index >= 15 is 4.79 Å². The highest BCUT2D eigenvalue weighted by atomic mass is 32.2. The third kappa shape index (κ3) is 22.2. The third-order valence-corrected chi connectivity index (χ3v) is 18.4. The Labute approximate surface area is 587 Å². The molecule has 1 saturated heterocycles. The maximum Gasteiger partial charge on any atom is 0.245 e. The maximum atomic E-state index is 15.1. The van der Waals surface area contributed by atoms with Crippen LogP contribution in [0.25, 0.3) is 21.8 Å².